The maximum Gasteiger partial charge on any atom is 0.128 e. The van der Waals surface area contributed by atoms with Crippen LogP contribution in [0.4, 0.5) is 0 Å². The molecular formula is C13H10Br2O2S. The van der Waals surface area contributed by atoms with Gasteiger partial charge in [0, 0.05) is 21.3 Å². The maximum atomic E-state index is 10.5. The lowest BCUT2D eigenvalue weighted by atomic mass is 10.0. The first-order valence-corrected chi connectivity index (χ1v) is 7.94. The van der Waals surface area contributed by atoms with Crippen LogP contribution < -0.4 is 4.74 Å². The zero-order valence-electron chi connectivity index (χ0n) is 9.32. The van der Waals surface area contributed by atoms with E-state index in [1.807, 2.05) is 18.2 Å². The lowest BCUT2D eigenvalue weighted by Crippen LogP contribution is -2.00. The molecular weight excluding hydrogens is 380 g/mol. The Hall–Kier alpha value is -0.360. The fourth-order valence-corrected chi connectivity index (χ4v) is 4.20. The van der Waals surface area contributed by atoms with Gasteiger partial charge in [-0.2, -0.15) is 0 Å². The quantitative estimate of drug-likeness (QED) is 0.830. The van der Waals surface area contributed by atoms with E-state index in [2.05, 4.69) is 37.9 Å². The van der Waals surface area contributed by atoms with Crippen molar-refractivity contribution in [3.63, 3.8) is 0 Å². The average molecular weight is 390 g/mol. The number of para-hydroxylation sites is 1. The van der Waals surface area contributed by atoms with Gasteiger partial charge in [0.2, 0.25) is 0 Å². The second kappa shape index (κ2) is 4.96. The van der Waals surface area contributed by atoms with Gasteiger partial charge in [-0.05, 0) is 43.5 Å². The summed E-state index contributed by atoms with van der Waals surface area (Å²) in [6.07, 6.45) is 0.291. The van der Waals surface area contributed by atoms with Crippen LogP contribution in [0.5, 0.6) is 5.75 Å². The third kappa shape index (κ3) is 2.13. The first-order chi connectivity index (χ1) is 8.66. The predicted molar refractivity (Wildman–Crippen MR) is 79.4 cm³/mol. The molecule has 1 aromatic carbocycles. The van der Waals surface area contributed by atoms with Gasteiger partial charge in [0.05, 0.1) is 10.4 Å². The molecule has 0 amide bonds. The topological polar surface area (TPSA) is 29.5 Å². The summed E-state index contributed by atoms with van der Waals surface area (Å²) in [7, 11) is 0. The molecule has 18 heavy (non-hydrogen) atoms. The molecule has 1 aliphatic rings. The van der Waals surface area contributed by atoms with Crippen LogP contribution in [0.15, 0.2) is 32.5 Å². The number of fused-ring (bicyclic) bond motifs is 1. The predicted octanol–water partition coefficient (Wildman–Crippen LogP) is 4.29. The van der Waals surface area contributed by atoms with E-state index in [0.717, 1.165) is 30.9 Å². The zero-order valence-corrected chi connectivity index (χ0v) is 13.3. The summed E-state index contributed by atoms with van der Waals surface area (Å²) in [6.45, 7) is 0.705. The highest BCUT2D eigenvalue weighted by Gasteiger charge is 2.23. The first-order valence-electron chi connectivity index (χ1n) is 5.54. The van der Waals surface area contributed by atoms with Crippen LogP contribution in [0.1, 0.15) is 22.1 Å². The number of thiophene rings is 1. The van der Waals surface area contributed by atoms with Crippen LogP contribution in [-0.4, -0.2) is 11.7 Å². The van der Waals surface area contributed by atoms with Crippen molar-refractivity contribution < 1.29 is 9.84 Å². The molecule has 1 N–H and O–H groups in total. The number of hydrogen-bond donors (Lipinski definition) is 1. The fourth-order valence-electron chi connectivity index (χ4n) is 2.11. The van der Waals surface area contributed by atoms with Crippen molar-refractivity contribution >= 4 is 43.2 Å². The number of aliphatic hydroxyl groups excluding tert-OH is 1. The maximum absolute atomic E-state index is 10.5. The molecule has 0 saturated heterocycles. The molecule has 1 atom stereocenters. The van der Waals surface area contributed by atoms with Gasteiger partial charge in [0.25, 0.3) is 0 Å². The summed E-state index contributed by atoms with van der Waals surface area (Å²) < 4.78 is 7.59. The zero-order chi connectivity index (χ0) is 12.7. The second-order valence-corrected chi connectivity index (χ2v) is 7.36. The highest BCUT2D eigenvalue weighted by molar-refractivity contribution is 9.13. The minimum Gasteiger partial charge on any atom is -0.493 e. The largest absolute Gasteiger partial charge is 0.493 e. The van der Waals surface area contributed by atoms with Crippen molar-refractivity contribution in [3.05, 3.63) is 48.5 Å². The lowest BCUT2D eigenvalue weighted by molar-refractivity contribution is 0.217. The first kappa shape index (κ1) is 12.7. The van der Waals surface area contributed by atoms with E-state index in [1.54, 1.807) is 0 Å². The van der Waals surface area contributed by atoms with Gasteiger partial charge >= 0.3 is 0 Å². The molecule has 0 radical (unpaired) electrons. The Morgan fingerprint density at radius 1 is 1.33 bits per heavy atom. The Bertz CT molecular complexity index is 575. The van der Waals surface area contributed by atoms with Crippen LogP contribution in [-0.2, 0) is 6.42 Å². The molecule has 94 valence electrons. The van der Waals surface area contributed by atoms with Crippen molar-refractivity contribution in [1.29, 1.82) is 0 Å². The van der Waals surface area contributed by atoms with Crippen molar-refractivity contribution in [2.45, 2.75) is 12.5 Å². The summed E-state index contributed by atoms with van der Waals surface area (Å²) in [4.78, 5) is 0.901. The number of benzene rings is 1. The van der Waals surface area contributed by atoms with Gasteiger partial charge in [0.1, 0.15) is 11.9 Å². The molecule has 0 bridgehead atoms. The molecule has 0 saturated carbocycles. The Morgan fingerprint density at radius 2 is 2.17 bits per heavy atom. The van der Waals surface area contributed by atoms with Crippen LogP contribution >= 0.6 is 43.2 Å². The van der Waals surface area contributed by atoms with Crippen molar-refractivity contribution in [2.24, 2.45) is 0 Å². The van der Waals surface area contributed by atoms with E-state index >= 15 is 0 Å². The van der Waals surface area contributed by atoms with Crippen molar-refractivity contribution in [2.75, 3.05) is 6.61 Å². The van der Waals surface area contributed by atoms with E-state index in [9.17, 15) is 5.11 Å². The van der Waals surface area contributed by atoms with Crippen molar-refractivity contribution in [3.8, 4) is 5.75 Å². The average Bonchev–Trinajstić information content (AvgIpc) is 2.95. The lowest BCUT2D eigenvalue weighted by Gasteiger charge is -2.13. The van der Waals surface area contributed by atoms with Crippen LogP contribution in [0.3, 0.4) is 0 Å². The number of aliphatic hydroxyl groups is 1. The number of rotatable bonds is 2. The summed E-state index contributed by atoms with van der Waals surface area (Å²) in [6, 6.07) is 7.90. The highest BCUT2D eigenvalue weighted by Crippen LogP contribution is 2.41. The standard InChI is InChI=1S/C13H10Br2O2S/c14-9-6-10(18-13(9)15)11(16)8-3-1-2-7-4-5-17-12(7)8/h1-3,6,11,16H,4-5H2. The third-order valence-electron chi connectivity index (χ3n) is 2.97. The Kier molecular flexibility index (Phi) is 3.49. The Morgan fingerprint density at radius 3 is 2.89 bits per heavy atom. The van der Waals surface area contributed by atoms with E-state index in [-0.39, 0.29) is 0 Å². The van der Waals surface area contributed by atoms with E-state index in [0.29, 0.717) is 6.61 Å². The minimum absolute atomic E-state index is 0.634. The van der Waals surface area contributed by atoms with Crippen molar-refractivity contribution in [1.82, 2.24) is 0 Å². The summed E-state index contributed by atoms with van der Waals surface area (Å²) in [5.74, 6) is 0.852. The minimum atomic E-state index is -0.634. The molecule has 2 nitrogen and oxygen atoms in total. The van der Waals surface area contributed by atoms with Gasteiger partial charge in [-0.1, -0.05) is 18.2 Å². The van der Waals surface area contributed by atoms with E-state index in [4.69, 9.17) is 4.74 Å². The summed E-state index contributed by atoms with van der Waals surface area (Å²) in [5, 5.41) is 10.5. The van der Waals surface area contributed by atoms with Crippen LogP contribution in [0.2, 0.25) is 0 Å². The van der Waals surface area contributed by atoms with Gasteiger partial charge in [0.15, 0.2) is 0 Å². The number of halogens is 2. The van der Waals surface area contributed by atoms with Gasteiger partial charge < -0.3 is 9.84 Å². The molecule has 0 fully saturated rings. The van der Waals surface area contributed by atoms with Gasteiger partial charge in [-0.15, -0.1) is 11.3 Å². The number of ether oxygens (including phenoxy) is 1. The number of hydrogen-bond acceptors (Lipinski definition) is 3. The molecule has 5 heteroatoms. The van der Waals surface area contributed by atoms with E-state index in [1.165, 1.54) is 16.9 Å². The van der Waals surface area contributed by atoms with Crippen LogP contribution in [0, 0.1) is 0 Å². The summed E-state index contributed by atoms with van der Waals surface area (Å²) >= 11 is 8.42. The molecule has 1 aromatic heterocycles. The monoisotopic (exact) mass is 388 g/mol. The smallest absolute Gasteiger partial charge is 0.128 e. The van der Waals surface area contributed by atoms with Gasteiger partial charge in [-0.3, -0.25) is 0 Å². The summed E-state index contributed by atoms with van der Waals surface area (Å²) in [5.41, 5.74) is 2.03. The molecule has 2 heterocycles. The Balaban J connectivity index is 2.02. The third-order valence-corrected chi connectivity index (χ3v) is 6.28. The normalized spacial score (nSPS) is 15.3. The molecule has 0 aliphatic carbocycles. The fraction of sp³-hybridized carbons (Fsp3) is 0.231. The van der Waals surface area contributed by atoms with Crippen LogP contribution in [0.25, 0.3) is 0 Å². The molecule has 1 unspecified atom stereocenters. The molecule has 2 aromatic rings. The molecule has 3 rings (SSSR count). The van der Waals surface area contributed by atoms with Gasteiger partial charge in [-0.25, -0.2) is 0 Å². The highest BCUT2D eigenvalue weighted by atomic mass is 79.9. The van der Waals surface area contributed by atoms with E-state index < -0.39 is 6.10 Å². The molecule has 0 spiro atoms. The Labute approximate surface area is 126 Å². The second-order valence-electron chi connectivity index (χ2n) is 4.11. The SMILES string of the molecule is OC(c1cc(Br)c(Br)s1)c1cccc2c1OCC2. The molecule has 1 aliphatic heterocycles.